The van der Waals surface area contributed by atoms with E-state index in [0.29, 0.717) is 13.2 Å². The summed E-state index contributed by atoms with van der Waals surface area (Å²) in [5.74, 6) is 0.682. The van der Waals surface area contributed by atoms with Crippen LogP contribution in [0.4, 0.5) is 0 Å². The number of amides is 1. The molecule has 0 aliphatic rings. The minimum absolute atomic E-state index is 0.0975. The minimum Gasteiger partial charge on any atom is -0.481 e. The van der Waals surface area contributed by atoms with Crippen LogP contribution in [0.1, 0.15) is 30.0 Å². The van der Waals surface area contributed by atoms with Gasteiger partial charge in [-0.2, -0.15) is 0 Å². The van der Waals surface area contributed by atoms with Gasteiger partial charge in [-0.3, -0.25) is 4.79 Å². The summed E-state index contributed by atoms with van der Waals surface area (Å²) in [5.41, 5.74) is 3.39. The van der Waals surface area contributed by atoms with Crippen LogP contribution in [0.25, 0.3) is 0 Å². The Bertz CT molecular complexity index is 457. The molecule has 0 saturated heterocycles. The first kappa shape index (κ1) is 16.5. The van der Waals surface area contributed by atoms with Gasteiger partial charge in [0.1, 0.15) is 5.75 Å². The van der Waals surface area contributed by atoms with Gasteiger partial charge in [0.25, 0.3) is 5.91 Å². The second-order valence-corrected chi connectivity index (χ2v) is 5.10. The number of hydrogen-bond donors (Lipinski definition) is 1. The average Bonchev–Trinajstić information content (AvgIpc) is 2.40. The zero-order valence-corrected chi connectivity index (χ0v) is 13.1. The van der Waals surface area contributed by atoms with Crippen molar-refractivity contribution in [3.05, 3.63) is 28.8 Å². The van der Waals surface area contributed by atoms with E-state index >= 15 is 0 Å². The molecule has 112 valence electrons. The number of benzene rings is 1. The summed E-state index contributed by atoms with van der Waals surface area (Å²) >= 11 is 0. The van der Waals surface area contributed by atoms with Crippen molar-refractivity contribution in [2.24, 2.45) is 0 Å². The van der Waals surface area contributed by atoms with Crippen LogP contribution in [0.5, 0.6) is 5.75 Å². The van der Waals surface area contributed by atoms with Crippen molar-refractivity contribution in [3.63, 3.8) is 0 Å². The Labute approximate surface area is 121 Å². The maximum atomic E-state index is 11.9. The predicted molar refractivity (Wildman–Crippen MR) is 80.2 cm³/mol. The molecule has 0 bridgehead atoms. The van der Waals surface area contributed by atoms with Crippen LogP contribution in [0, 0.1) is 20.8 Å². The van der Waals surface area contributed by atoms with E-state index in [1.54, 1.807) is 14.0 Å². The summed E-state index contributed by atoms with van der Waals surface area (Å²) in [6.07, 6.45) is 0.301. The molecule has 20 heavy (non-hydrogen) atoms. The fraction of sp³-hybridized carbons (Fsp3) is 0.562. The Hall–Kier alpha value is -1.55. The largest absolute Gasteiger partial charge is 0.481 e. The van der Waals surface area contributed by atoms with E-state index in [1.807, 2.05) is 26.8 Å². The van der Waals surface area contributed by atoms with Crippen molar-refractivity contribution in [2.75, 3.05) is 20.3 Å². The minimum atomic E-state index is -0.502. The third-order valence-corrected chi connectivity index (χ3v) is 3.26. The third kappa shape index (κ3) is 4.85. The number of methoxy groups -OCH3 is 1. The molecule has 0 heterocycles. The summed E-state index contributed by atoms with van der Waals surface area (Å²) in [6, 6.07) is 4.08. The molecule has 1 N–H and O–H groups in total. The highest BCUT2D eigenvalue weighted by atomic mass is 16.5. The molecule has 1 amide bonds. The van der Waals surface area contributed by atoms with Gasteiger partial charge < -0.3 is 14.8 Å². The van der Waals surface area contributed by atoms with Crippen LogP contribution < -0.4 is 10.1 Å². The van der Waals surface area contributed by atoms with E-state index in [0.717, 1.165) is 23.3 Å². The van der Waals surface area contributed by atoms with Crippen molar-refractivity contribution in [1.82, 2.24) is 5.32 Å². The molecule has 1 atom stereocenters. The molecular formula is C16H25NO3. The number of aryl methyl sites for hydroxylation is 2. The number of hydrogen-bond acceptors (Lipinski definition) is 3. The van der Waals surface area contributed by atoms with Crippen LogP contribution in [-0.4, -0.2) is 32.3 Å². The Kier molecular flexibility index (Phi) is 6.52. The van der Waals surface area contributed by atoms with Crippen LogP contribution in [-0.2, 0) is 9.53 Å². The van der Waals surface area contributed by atoms with Gasteiger partial charge in [-0.05, 0) is 56.9 Å². The van der Waals surface area contributed by atoms with Crippen LogP contribution >= 0.6 is 0 Å². The highest BCUT2D eigenvalue weighted by Crippen LogP contribution is 2.24. The van der Waals surface area contributed by atoms with Gasteiger partial charge in [0, 0.05) is 20.3 Å². The predicted octanol–water partition coefficient (Wildman–Crippen LogP) is 2.53. The van der Waals surface area contributed by atoms with Gasteiger partial charge in [-0.15, -0.1) is 0 Å². The zero-order chi connectivity index (χ0) is 15.1. The summed E-state index contributed by atoms with van der Waals surface area (Å²) in [4.78, 5) is 11.9. The fourth-order valence-electron chi connectivity index (χ4n) is 1.94. The number of rotatable bonds is 7. The maximum Gasteiger partial charge on any atom is 0.260 e. The SMILES string of the molecule is COCCCNC(=O)[C@@H](C)Oc1cc(C)cc(C)c1C. The number of carbonyl (C=O) groups excluding carboxylic acids is 1. The molecule has 0 radical (unpaired) electrons. The Morgan fingerprint density at radius 3 is 2.65 bits per heavy atom. The standard InChI is InChI=1S/C16H25NO3/c1-11-9-12(2)13(3)15(10-11)20-14(4)16(18)17-7-6-8-19-5/h9-10,14H,6-8H2,1-5H3,(H,17,18)/t14-/m1/s1. The Balaban J connectivity index is 2.57. The monoisotopic (exact) mass is 279 g/mol. The highest BCUT2D eigenvalue weighted by Gasteiger charge is 2.15. The van der Waals surface area contributed by atoms with Crippen LogP contribution in [0.3, 0.4) is 0 Å². The van der Waals surface area contributed by atoms with E-state index < -0.39 is 6.10 Å². The molecule has 1 rings (SSSR count). The first-order valence-corrected chi connectivity index (χ1v) is 6.97. The highest BCUT2D eigenvalue weighted by molar-refractivity contribution is 5.80. The molecule has 0 unspecified atom stereocenters. The van der Waals surface area contributed by atoms with Gasteiger partial charge in [-0.25, -0.2) is 0 Å². The fourth-order valence-corrected chi connectivity index (χ4v) is 1.94. The van der Waals surface area contributed by atoms with Crippen molar-refractivity contribution in [1.29, 1.82) is 0 Å². The Morgan fingerprint density at radius 2 is 2.00 bits per heavy atom. The van der Waals surface area contributed by atoms with Gasteiger partial charge in [-0.1, -0.05) is 6.07 Å². The molecule has 4 heteroatoms. The van der Waals surface area contributed by atoms with E-state index in [2.05, 4.69) is 11.4 Å². The molecule has 4 nitrogen and oxygen atoms in total. The van der Waals surface area contributed by atoms with E-state index in [1.165, 1.54) is 5.56 Å². The van der Waals surface area contributed by atoms with Crippen molar-refractivity contribution < 1.29 is 14.3 Å². The second kappa shape index (κ2) is 7.90. The lowest BCUT2D eigenvalue weighted by molar-refractivity contribution is -0.127. The van der Waals surface area contributed by atoms with Crippen molar-refractivity contribution >= 4 is 5.91 Å². The molecule has 0 fully saturated rings. The van der Waals surface area contributed by atoms with Crippen LogP contribution in [0.15, 0.2) is 12.1 Å². The van der Waals surface area contributed by atoms with Crippen LogP contribution in [0.2, 0.25) is 0 Å². The number of ether oxygens (including phenoxy) is 2. The lowest BCUT2D eigenvalue weighted by atomic mass is 10.1. The molecule has 0 aliphatic carbocycles. The second-order valence-electron chi connectivity index (χ2n) is 5.10. The summed E-state index contributed by atoms with van der Waals surface area (Å²) < 4.78 is 10.7. The molecule has 0 aliphatic heterocycles. The molecular weight excluding hydrogens is 254 g/mol. The maximum absolute atomic E-state index is 11.9. The first-order valence-electron chi connectivity index (χ1n) is 6.97. The molecule has 0 spiro atoms. The molecule has 1 aromatic carbocycles. The Morgan fingerprint density at radius 1 is 1.30 bits per heavy atom. The lowest BCUT2D eigenvalue weighted by Crippen LogP contribution is -2.37. The molecule has 1 aromatic rings. The van der Waals surface area contributed by atoms with E-state index in [-0.39, 0.29) is 5.91 Å². The van der Waals surface area contributed by atoms with Crippen molar-refractivity contribution in [2.45, 2.75) is 40.2 Å². The van der Waals surface area contributed by atoms with Gasteiger partial charge in [0.2, 0.25) is 0 Å². The topological polar surface area (TPSA) is 47.6 Å². The van der Waals surface area contributed by atoms with Crippen molar-refractivity contribution in [3.8, 4) is 5.75 Å². The third-order valence-electron chi connectivity index (χ3n) is 3.26. The lowest BCUT2D eigenvalue weighted by Gasteiger charge is -2.18. The first-order chi connectivity index (χ1) is 9.45. The van der Waals surface area contributed by atoms with E-state index in [4.69, 9.17) is 9.47 Å². The van der Waals surface area contributed by atoms with E-state index in [9.17, 15) is 4.79 Å². The number of carbonyl (C=O) groups is 1. The quantitative estimate of drug-likeness (QED) is 0.780. The van der Waals surface area contributed by atoms with Gasteiger partial charge in [0.15, 0.2) is 6.10 Å². The molecule has 0 saturated carbocycles. The summed E-state index contributed by atoms with van der Waals surface area (Å²) in [5, 5.41) is 2.84. The normalized spacial score (nSPS) is 12.1. The smallest absolute Gasteiger partial charge is 0.260 e. The van der Waals surface area contributed by atoms with Gasteiger partial charge >= 0.3 is 0 Å². The van der Waals surface area contributed by atoms with Gasteiger partial charge in [0.05, 0.1) is 0 Å². The summed E-state index contributed by atoms with van der Waals surface area (Å²) in [6.45, 7) is 9.09. The zero-order valence-electron chi connectivity index (χ0n) is 13.1. The summed E-state index contributed by atoms with van der Waals surface area (Å²) in [7, 11) is 1.65. The number of nitrogens with one attached hydrogen (secondary N) is 1. The average molecular weight is 279 g/mol. The molecule has 0 aromatic heterocycles.